The fraction of sp³-hybridized carbons (Fsp3) is 0.188. The van der Waals surface area contributed by atoms with Crippen LogP contribution in [0, 0.1) is 0 Å². The minimum Gasteiger partial charge on any atom is -0.305 e. The molecule has 1 heterocycles. The van der Waals surface area contributed by atoms with Crippen molar-refractivity contribution in [1.82, 2.24) is 0 Å². The summed E-state index contributed by atoms with van der Waals surface area (Å²) >= 11 is 9.35. The van der Waals surface area contributed by atoms with Crippen molar-refractivity contribution in [2.45, 2.75) is 19.4 Å². The van der Waals surface area contributed by atoms with E-state index in [9.17, 15) is 4.79 Å². The van der Waals surface area contributed by atoms with Crippen molar-refractivity contribution in [3.63, 3.8) is 0 Å². The maximum atomic E-state index is 12.7. The van der Waals surface area contributed by atoms with Gasteiger partial charge in [0.1, 0.15) is 0 Å². The number of hydrogen-bond acceptors (Lipinski definition) is 1. The number of anilines is 1. The molecule has 1 aliphatic heterocycles. The van der Waals surface area contributed by atoms with Crippen molar-refractivity contribution in [3.8, 4) is 0 Å². The summed E-state index contributed by atoms with van der Waals surface area (Å²) in [5, 5.41) is 0.639. The zero-order valence-corrected chi connectivity index (χ0v) is 13.3. The largest absolute Gasteiger partial charge is 0.305 e. The fourth-order valence-electron chi connectivity index (χ4n) is 2.64. The van der Waals surface area contributed by atoms with E-state index in [2.05, 4.69) is 28.9 Å². The molecule has 0 saturated heterocycles. The van der Waals surface area contributed by atoms with Gasteiger partial charge in [-0.25, -0.2) is 0 Å². The van der Waals surface area contributed by atoms with Crippen LogP contribution in [0.1, 0.15) is 22.8 Å². The maximum Gasteiger partial charge on any atom is 0.258 e. The number of nitrogens with zero attached hydrogens (tertiary/aromatic N) is 1. The molecule has 102 valence electrons. The maximum absolute atomic E-state index is 12.7. The molecule has 0 bridgehead atoms. The number of carbonyl (C=O) groups excluding carboxylic acids is 1. The Hall–Kier alpha value is -1.32. The van der Waals surface area contributed by atoms with Gasteiger partial charge in [-0.15, -0.1) is 0 Å². The van der Waals surface area contributed by atoms with Crippen LogP contribution in [0.3, 0.4) is 0 Å². The molecule has 4 heteroatoms. The van der Waals surface area contributed by atoms with Crippen LogP contribution in [0.5, 0.6) is 0 Å². The molecule has 2 nitrogen and oxygen atoms in total. The third-order valence-corrected chi connectivity index (χ3v) is 4.31. The molecule has 1 aliphatic rings. The second kappa shape index (κ2) is 5.23. The zero-order valence-electron chi connectivity index (χ0n) is 10.9. The number of amides is 1. The Morgan fingerprint density at radius 1 is 1.25 bits per heavy atom. The van der Waals surface area contributed by atoms with E-state index in [4.69, 9.17) is 11.6 Å². The summed E-state index contributed by atoms with van der Waals surface area (Å²) in [7, 11) is 0. The lowest BCUT2D eigenvalue weighted by Gasteiger charge is -2.22. The van der Waals surface area contributed by atoms with E-state index < -0.39 is 0 Å². The van der Waals surface area contributed by atoms with Gasteiger partial charge in [0.15, 0.2) is 0 Å². The lowest BCUT2D eigenvalue weighted by Crippen LogP contribution is -2.35. The van der Waals surface area contributed by atoms with Gasteiger partial charge in [0, 0.05) is 26.8 Å². The summed E-state index contributed by atoms with van der Waals surface area (Å²) in [6.07, 6.45) is 0.883. The monoisotopic (exact) mass is 349 g/mol. The fourth-order valence-corrected chi connectivity index (χ4v) is 3.18. The highest BCUT2D eigenvalue weighted by Gasteiger charge is 2.31. The van der Waals surface area contributed by atoms with Gasteiger partial charge >= 0.3 is 0 Å². The minimum absolute atomic E-state index is 0.0234. The second-order valence-electron chi connectivity index (χ2n) is 5.01. The van der Waals surface area contributed by atoms with Crippen molar-refractivity contribution in [2.24, 2.45) is 0 Å². The van der Waals surface area contributed by atoms with Crippen LogP contribution < -0.4 is 4.90 Å². The van der Waals surface area contributed by atoms with Gasteiger partial charge in [0.2, 0.25) is 0 Å². The van der Waals surface area contributed by atoms with Crippen LogP contribution >= 0.6 is 27.5 Å². The summed E-state index contributed by atoms with van der Waals surface area (Å²) in [4.78, 5) is 14.6. The highest BCUT2D eigenvalue weighted by molar-refractivity contribution is 9.10. The predicted octanol–water partition coefficient (Wildman–Crippen LogP) is 4.69. The predicted molar refractivity (Wildman–Crippen MR) is 85.6 cm³/mol. The van der Waals surface area contributed by atoms with Gasteiger partial charge in [-0.05, 0) is 61.4 Å². The van der Waals surface area contributed by atoms with Gasteiger partial charge in [0.25, 0.3) is 5.91 Å². The van der Waals surface area contributed by atoms with Crippen molar-refractivity contribution in [2.75, 3.05) is 4.90 Å². The molecule has 3 rings (SSSR count). The molecule has 0 aliphatic carbocycles. The average molecular weight is 351 g/mol. The molecular formula is C16H13BrClNO. The summed E-state index contributed by atoms with van der Waals surface area (Å²) in [6.45, 7) is 2.07. The number of carbonyl (C=O) groups is 1. The first-order chi connectivity index (χ1) is 9.56. The average Bonchev–Trinajstić information content (AvgIpc) is 2.73. The molecule has 2 aromatic carbocycles. The summed E-state index contributed by atoms with van der Waals surface area (Å²) < 4.78 is 1.05. The van der Waals surface area contributed by atoms with Crippen molar-refractivity contribution in [1.29, 1.82) is 0 Å². The van der Waals surface area contributed by atoms with E-state index in [1.54, 1.807) is 24.3 Å². The molecule has 2 aromatic rings. The van der Waals surface area contributed by atoms with Crippen LogP contribution in [0.4, 0.5) is 5.69 Å². The van der Waals surface area contributed by atoms with E-state index in [-0.39, 0.29) is 11.9 Å². The standard InChI is InChI=1S/C16H13BrClNO/c1-10-8-12-9-13(17)4-7-15(12)19(10)16(20)11-2-5-14(18)6-3-11/h2-7,9-10H,8H2,1H3. The van der Waals surface area contributed by atoms with E-state index in [1.807, 2.05) is 17.0 Å². The first kappa shape index (κ1) is 13.7. The number of hydrogen-bond donors (Lipinski definition) is 0. The zero-order chi connectivity index (χ0) is 14.3. The van der Waals surface area contributed by atoms with Crippen molar-refractivity contribution < 1.29 is 4.79 Å². The Balaban J connectivity index is 1.98. The van der Waals surface area contributed by atoms with Crippen LogP contribution in [0.15, 0.2) is 46.9 Å². The molecule has 1 amide bonds. The summed E-state index contributed by atoms with van der Waals surface area (Å²) in [5.74, 6) is 0.0234. The first-order valence-corrected chi connectivity index (χ1v) is 7.61. The Kier molecular flexibility index (Phi) is 3.57. The molecule has 0 spiro atoms. The highest BCUT2D eigenvalue weighted by atomic mass is 79.9. The lowest BCUT2D eigenvalue weighted by molar-refractivity contribution is 0.0981. The first-order valence-electron chi connectivity index (χ1n) is 6.44. The second-order valence-corrected chi connectivity index (χ2v) is 6.36. The summed E-state index contributed by atoms with van der Waals surface area (Å²) in [6, 6.07) is 13.3. The van der Waals surface area contributed by atoms with Crippen LogP contribution in [-0.2, 0) is 6.42 Å². The van der Waals surface area contributed by atoms with E-state index in [1.165, 1.54) is 5.56 Å². The summed E-state index contributed by atoms with van der Waals surface area (Å²) in [5.41, 5.74) is 2.87. The van der Waals surface area contributed by atoms with Gasteiger partial charge < -0.3 is 4.90 Å². The number of halogens is 2. The quantitative estimate of drug-likeness (QED) is 0.730. The van der Waals surface area contributed by atoms with E-state index in [0.29, 0.717) is 10.6 Å². The smallest absolute Gasteiger partial charge is 0.258 e. The van der Waals surface area contributed by atoms with Gasteiger partial charge in [-0.2, -0.15) is 0 Å². The van der Waals surface area contributed by atoms with E-state index in [0.717, 1.165) is 16.6 Å². The van der Waals surface area contributed by atoms with Gasteiger partial charge in [0.05, 0.1) is 0 Å². The SMILES string of the molecule is CC1Cc2cc(Br)ccc2N1C(=O)c1ccc(Cl)cc1. The normalized spacial score (nSPS) is 17.1. The lowest BCUT2D eigenvalue weighted by atomic mass is 10.1. The molecular weight excluding hydrogens is 338 g/mol. The molecule has 20 heavy (non-hydrogen) atoms. The molecule has 0 fully saturated rings. The number of benzene rings is 2. The topological polar surface area (TPSA) is 20.3 Å². The van der Waals surface area contributed by atoms with Gasteiger partial charge in [-0.3, -0.25) is 4.79 Å². The number of rotatable bonds is 1. The van der Waals surface area contributed by atoms with E-state index >= 15 is 0 Å². The molecule has 0 radical (unpaired) electrons. The Labute approximate surface area is 131 Å². The Morgan fingerprint density at radius 2 is 1.95 bits per heavy atom. The molecule has 1 unspecified atom stereocenters. The number of fused-ring (bicyclic) bond motifs is 1. The van der Waals surface area contributed by atoms with Crippen LogP contribution in [-0.4, -0.2) is 11.9 Å². The minimum atomic E-state index is 0.0234. The van der Waals surface area contributed by atoms with Crippen molar-refractivity contribution >= 4 is 39.1 Å². The third kappa shape index (κ3) is 2.36. The Bertz CT molecular complexity index is 669. The van der Waals surface area contributed by atoms with Crippen LogP contribution in [0.25, 0.3) is 0 Å². The van der Waals surface area contributed by atoms with Crippen LogP contribution in [0.2, 0.25) is 5.02 Å². The highest BCUT2D eigenvalue weighted by Crippen LogP contribution is 2.35. The van der Waals surface area contributed by atoms with Gasteiger partial charge in [-0.1, -0.05) is 27.5 Å². The molecule has 0 N–H and O–H groups in total. The molecule has 0 saturated carbocycles. The molecule has 0 aromatic heterocycles. The molecule has 1 atom stereocenters. The third-order valence-electron chi connectivity index (χ3n) is 3.57. The van der Waals surface area contributed by atoms with Crippen molar-refractivity contribution in [3.05, 3.63) is 63.1 Å². The Morgan fingerprint density at radius 3 is 2.65 bits per heavy atom.